The fourth-order valence-electron chi connectivity index (χ4n) is 4.09. The third kappa shape index (κ3) is 4.18. The van der Waals surface area contributed by atoms with Gasteiger partial charge in [0.15, 0.2) is 0 Å². The van der Waals surface area contributed by atoms with Crippen LogP contribution in [0.4, 0.5) is 11.4 Å². The summed E-state index contributed by atoms with van der Waals surface area (Å²) in [6.45, 7) is 4.48. The maximum absolute atomic E-state index is 6.09. The summed E-state index contributed by atoms with van der Waals surface area (Å²) in [5.74, 6) is 0. The molecular formula is C19H31N3O. The highest BCUT2D eigenvalue weighted by Gasteiger charge is 2.29. The summed E-state index contributed by atoms with van der Waals surface area (Å²) in [7, 11) is 1.86. The standard InChI is InChI=1S/C19H31N3O/c1-14-6-7-18(20)19(12-14)21-15-8-10-22(11-9-15)16-4-3-5-17(13-16)23-2/h6-7,12,15-17,21H,3-5,8-11,13,20H2,1-2H3/t16-,17-/m0/s1. The van der Waals surface area contributed by atoms with Gasteiger partial charge in [-0.2, -0.15) is 0 Å². The Bertz CT molecular complexity index is 511. The fraction of sp³-hybridized carbons (Fsp3) is 0.684. The third-order valence-electron chi connectivity index (χ3n) is 5.55. The summed E-state index contributed by atoms with van der Waals surface area (Å²) in [6, 6.07) is 7.49. The highest BCUT2D eigenvalue weighted by atomic mass is 16.5. The Hall–Kier alpha value is -1.26. The van der Waals surface area contributed by atoms with Gasteiger partial charge in [0.05, 0.1) is 17.5 Å². The van der Waals surface area contributed by atoms with Gasteiger partial charge in [0.2, 0.25) is 0 Å². The second kappa shape index (κ2) is 7.54. The second-order valence-electron chi connectivity index (χ2n) is 7.22. The minimum Gasteiger partial charge on any atom is -0.397 e. The normalized spacial score (nSPS) is 27.0. The summed E-state index contributed by atoms with van der Waals surface area (Å²) in [5.41, 5.74) is 9.30. The average molecular weight is 317 g/mol. The molecule has 3 rings (SSSR count). The molecule has 0 aromatic heterocycles. The van der Waals surface area contributed by atoms with Gasteiger partial charge in [0, 0.05) is 32.3 Å². The molecule has 1 saturated heterocycles. The zero-order valence-electron chi connectivity index (χ0n) is 14.6. The Morgan fingerprint density at radius 3 is 2.70 bits per heavy atom. The molecule has 0 bridgehead atoms. The predicted molar refractivity (Wildman–Crippen MR) is 96.9 cm³/mol. The molecule has 4 nitrogen and oxygen atoms in total. The Labute approximate surface area is 140 Å². The first-order valence-electron chi connectivity index (χ1n) is 9.05. The maximum atomic E-state index is 6.09. The summed E-state index contributed by atoms with van der Waals surface area (Å²) in [6.07, 6.45) is 7.95. The number of aryl methyl sites for hydroxylation is 1. The SMILES string of the molecule is CO[C@H]1CCC[C@H](N2CCC(Nc3cc(C)ccc3N)CC2)C1. The van der Waals surface area contributed by atoms with Gasteiger partial charge in [0.1, 0.15) is 0 Å². The van der Waals surface area contributed by atoms with Crippen molar-refractivity contribution in [3.8, 4) is 0 Å². The number of piperidine rings is 1. The van der Waals surface area contributed by atoms with E-state index in [0.717, 1.165) is 17.4 Å². The first kappa shape index (κ1) is 16.6. The maximum Gasteiger partial charge on any atom is 0.0586 e. The van der Waals surface area contributed by atoms with Gasteiger partial charge in [-0.25, -0.2) is 0 Å². The van der Waals surface area contributed by atoms with Gasteiger partial charge in [-0.15, -0.1) is 0 Å². The van der Waals surface area contributed by atoms with Gasteiger partial charge in [-0.05, 0) is 63.1 Å². The number of nitrogens with two attached hydrogens (primary N) is 1. The molecule has 0 amide bonds. The molecule has 1 aliphatic carbocycles. The molecule has 0 unspecified atom stereocenters. The van der Waals surface area contributed by atoms with Crippen LogP contribution in [0, 0.1) is 6.92 Å². The number of rotatable bonds is 4. The number of nitrogens with one attached hydrogen (secondary N) is 1. The number of anilines is 2. The first-order chi connectivity index (χ1) is 11.2. The molecule has 1 aliphatic heterocycles. The predicted octanol–water partition coefficient (Wildman–Crippen LogP) is 3.41. The summed E-state index contributed by atoms with van der Waals surface area (Å²) >= 11 is 0. The number of likely N-dealkylation sites (tertiary alicyclic amines) is 1. The van der Waals surface area contributed by atoms with E-state index in [4.69, 9.17) is 10.5 Å². The molecule has 0 spiro atoms. The van der Waals surface area contributed by atoms with Gasteiger partial charge >= 0.3 is 0 Å². The van der Waals surface area contributed by atoms with E-state index in [2.05, 4.69) is 29.3 Å². The largest absolute Gasteiger partial charge is 0.397 e. The van der Waals surface area contributed by atoms with Gasteiger partial charge in [-0.1, -0.05) is 6.07 Å². The lowest BCUT2D eigenvalue weighted by Crippen LogP contribution is -2.47. The van der Waals surface area contributed by atoms with Crippen molar-refractivity contribution < 1.29 is 4.74 Å². The highest BCUT2D eigenvalue weighted by Crippen LogP contribution is 2.28. The van der Waals surface area contributed by atoms with Crippen LogP contribution in [-0.4, -0.2) is 43.3 Å². The zero-order chi connectivity index (χ0) is 16.2. The molecule has 3 N–H and O–H groups in total. The molecule has 23 heavy (non-hydrogen) atoms. The number of hydrogen-bond acceptors (Lipinski definition) is 4. The van der Waals surface area contributed by atoms with Crippen LogP contribution in [0.1, 0.15) is 44.1 Å². The molecule has 2 fully saturated rings. The topological polar surface area (TPSA) is 50.5 Å². The van der Waals surface area contributed by atoms with E-state index in [1.807, 2.05) is 13.2 Å². The van der Waals surface area contributed by atoms with E-state index < -0.39 is 0 Å². The van der Waals surface area contributed by atoms with E-state index in [0.29, 0.717) is 12.1 Å². The van der Waals surface area contributed by atoms with E-state index in [1.54, 1.807) is 0 Å². The second-order valence-corrected chi connectivity index (χ2v) is 7.22. The molecule has 2 aliphatic rings. The zero-order valence-corrected chi connectivity index (χ0v) is 14.6. The van der Waals surface area contributed by atoms with Crippen molar-refractivity contribution in [1.29, 1.82) is 0 Å². The van der Waals surface area contributed by atoms with E-state index >= 15 is 0 Å². The Kier molecular flexibility index (Phi) is 5.44. The Morgan fingerprint density at radius 1 is 1.17 bits per heavy atom. The molecule has 1 aromatic carbocycles. The third-order valence-corrected chi connectivity index (χ3v) is 5.55. The lowest BCUT2D eigenvalue weighted by Gasteiger charge is -2.41. The molecule has 1 heterocycles. The van der Waals surface area contributed by atoms with Crippen LogP contribution in [0.3, 0.4) is 0 Å². The lowest BCUT2D eigenvalue weighted by molar-refractivity contribution is 0.0218. The summed E-state index contributed by atoms with van der Waals surface area (Å²) in [4.78, 5) is 2.68. The Morgan fingerprint density at radius 2 is 1.96 bits per heavy atom. The van der Waals surface area contributed by atoms with Crippen LogP contribution in [0.5, 0.6) is 0 Å². The van der Waals surface area contributed by atoms with Crippen LogP contribution < -0.4 is 11.1 Å². The molecule has 1 aromatic rings. The van der Waals surface area contributed by atoms with Gasteiger partial charge < -0.3 is 20.7 Å². The smallest absolute Gasteiger partial charge is 0.0586 e. The molecule has 128 valence electrons. The molecule has 1 saturated carbocycles. The van der Waals surface area contributed by atoms with Crippen molar-refractivity contribution in [2.24, 2.45) is 0 Å². The number of methoxy groups -OCH3 is 1. The van der Waals surface area contributed by atoms with Crippen LogP contribution in [0.15, 0.2) is 18.2 Å². The number of benzene rings is 1. The van der Waals surface area contributed by atoms with Crippen LogP contribution >= 0.6 is 0 Å². The number of hydrogen-bond donors (Lipinski definition) is 2. The van der Waals surface area contributed by atoms with Crippen molar-refractivity contribution in [1.82, 2.24) is 4.90 Å². The van der Waals surface area contributed by atoms with Crippen LogP contribution in [0.2, 0.25) is 0 Å². The van der Waals surface area contributed by atoms with Crippen molar-refractivity contribution in [3.05, 3.63) is 23.8 Å². The lowest BCUT2D eigenvalue weighted by atomic mass is 9.90. The quantitative estimate of drug-likeness (QED) is 0.836. The number of nitrogen functional groups attached to an aromatic ring is 1. The van der Waals surface area contributed by atoms with Crippen LogP contribution in [-0.2, 0) is 4.74 Å². The Balaban J connectivity index is 1.51. The minimum absolute atomic E-state index is 0.469. The van der Waals surface area contributed by atoms with Crippen molar-refractivity contribution in [2.75, 3.05) is 31.2 Å². The summed E-state index contributed by atoms with van der Waals surface area (Å²) in [5, 5.41) is 3.66. The monoisotopic (exact) mass is 317 g/mol. The number of ether oxygens (including phenoxy) is 1. The molecular weight excluding hydrogens is 286 g/mol. The van der Waals surface area contributed by atoms with Crippen molar-refractivity contribution in [2.45, 2.75) is 63.6 Å². The molecule has 4 heteroatoms. The van der Waals surface area contributed by atoms with Gasteiger partial charge in [0.25, 0.3) is 0 Å². The van der Waals surface area contributed by atoms with E-state index in [9.17, 15) is 0 Å². The van der Waals surface area contributed by atoms with Crippen LogP contribution in [0.25, 0.3) is 0 Å². The first-order valence-corrected chi connectivity index (χ1v) is 9.05. The average Bonchev–Trinajstić information content (AvgIpc) is 2.59. The van der Waals surface area contributed by atoms with Gasteiger partial charge in [-0.3, -0.25) is 0 Å². The molecule has 2 atom stereocenters. The van der Waals surface area contributed by atoms with Crippen molar-refractivity contribution in [3.63, 3.8) is 0 Å². The van der Waals surface area contributed by atoms with E-state index in [1.165, 1.54) is 57.2 Å². The highest BCUT2D eigenvalue weighted by molar-refractivity contribution is 5.67. The molecule has 0 radical (unpaired) electrons. The van der Waals surface area contributed by atoms with Crippen molar-refractivity contribution >= 4 is 11.4 Å². The minimum atomic E-state index is 0.469. The fourth-order valence-corrected chi connectivity index (χ4v) is 4.09. The number of nitrogens with zero attached hydrogens (tertiary/aromatic N) is 1. The van der Waals surface area contributed by atoms with E-state index in [-0.39, 0.29) is 0 Å². The summed E-state index contributed by atoms with van der Waals surface area (Å²) < 4.78 is 5.58.